The molecule has 0 aliphatic carbocycles. The van der Waals surface area contributed by atoms with E-state index in [1.54, 1.807) is 0 Å². The summed E-state index contributed by atoms with van der Waals surface area (Å²) in [6, 6.07) is 4.19. The molecule has 18 heavy (non-hydrogen) atoms. The van der Waals surface area contributed by atoms with Crippen LogP contribution in [0.2, 0.25) is 0 Å². The van der Waals surface area contributed by atoms with Gasteiger partial charge < -0.3 is 5.32 Å². The molecule has 1 unspecified atom stereocenters. The van der Waals surface area contributed by atoms with Gasteiger partial charge in [0.15, 0.2) is 0 Å². The maximum Gasteiger partial charge on any atom is 0.252 e. The highest BCUT2D eigenvalue weighted by Crippen LogP contribution is 2.18. The van der Waals surface area contributed by atoms with Crippen LogP contribution in [0.15, 0.2) is 22.7 Å². The summed E-state index contributed by atoms with van der Waals surface area (Å²) in [5, 5.41) is 2.91. The summed E-state index contributed by atoms with van der Waals surface area (Å²) < 4.78 is 13.4. The highest BCUT2D eigenvalue weighted by Gasteiger charge is 2.13. The molecule has 1 aromatic carbocycles. The summed E-state index contributed by atoms with van der Waals surface area (Å²) in [5.74, 6) is 1.59. The van der Waals surface area contributed by atoms with Crippen molar-refractivity contribution in [3.63, 3.8) is 0 Å². The second-order valence-corrected chi connectivity index (χ2v) is 6.23. The van der Waals surface area contributed by atoms with E-state index in [9.17, 15) is 9.18 Å². The lowest BCUT2D eigenvalue weighted by molar-refractivity contribution is 0.0938. The average Bonchev–Trinajstić information content (AvgIpc) is 2.28. The molecule has 5 heteroatoms. The third-order valence-electron chi connectivity index (χ3n) is 2.45. The standard InChI is InChI=1S/C13H17BrFNOS/c1-3-18-7-6-9(2)16-13(17)11-5-4-10(15)8-12(11)14/h4-5,8-9H,3,6-7H2,1-2H3,(H,16,17). The van der Waals surface area contributed by atoms with Gasteiger partial charge in [0.2, 0.25) is 0 Å². The number of carbonyl (C=O) groups excluding carboxylic acids is 1. The minimum absolute atomic E-state index is 0.119. The maximum absolute atomic E-state index is 12.9. The van der Waals surface area contributed by atoms with Gasteiger partial charge in [-0.3, -0.25) is 4.79 Å². The molecule has 0 fully saturated rings. The van der Waals surface area contributed by atoms with E-state index in [1.807, 2.05) is 18.7 Å². The van der Waals surface area contributed by atoms with Gasteiger partial charge in [0.1, 0.15) is 5.82 Å². The van der Waals surface area contributed by atoms with Crippen LogP contribution in [0.5, 0.6) is 0 Å². The number of amides is 1. The lowest BCUT2D eigenvalue weighted by atomic mass is 10.2. The zero-order valence-corrected chi connectivity index (χ0v) is 12.9. The number of benzene rings is 1. The van der Waals surface area contributed by atoms with E-state index in [1.165, 1.54) is 18.2 Å². The van der Waals surface area contributed by atoms with Crippen molar-refractivity contribution in [3.8, 4) is 0 Å². The van der Waals surface area contributed by atoms with Gasteiger partial charge in [0.05, 0.1) is 5.56 Å². The fourth-order valence-electron chi connectivity index (χ4n) is 1.45. The molecule has 1 rings (SSSR count). The van der Waals surface area contributed by atoms with E-state index in [0.717, 1.165) is 17.9 Å². The van der Waals surface area contributed by atoms with Crippen molar-refractivity contribution in [1.29, 1.82) is 0 Å². The minimum Gasteiger partial charge on any atom is -0.350 e. The monoisotopic (exact) mass is 333 g/mol. The average molecular weight is 334 g/mol. The van der Waals surface area contributed by atoms with Crippen molar-refractivity contribution in [3.05, 3.63) is 34.1 Å². The Morgan fingerprint density at radius 1 is 1.56 bits per heavy atom. The van der Waals surface area contributed by atoms with E-state index < -0.39 is 0 Å². The smallest absolute Gasteiger partial charge is 0.252 e. The van der Waals surface area contributed by atoms with Crippen molar-refractivity contribution in [2.75, 3.05) is 11.5 Å². The van der Waals surface area contributed by atoms with Crippen LogP contribution >= 0.6 is 27.7 Å². The summed E-state index contributed by atoms with van der Waals surface area (Å²) in [6.07, 6.45) is 0.934. The number of hydrogen-bond donors (Lipinski definition) is 1. The Balaban J connectivity index is 2.54. The zero-order chi connectivity index (χ0) is 13.5. The SMILES string of the molecule is CCSCCC(C)NC(=O)c1ccc(F)cc1Br. The first-order valence-corrected chi connectivity index (χ1v) is 7.83. The number of thioether (sulfide) groups is 1. The normalized spacial score (nSPS) is 12.2. The van der Waals surface area contributed by atoms with Gasteiger partial charge in [-0.05, 0) is 59.0 Å². The summed E-state index contributed by atoms with van der Waals surface area (Å²) in [5.41, 5.74) is 0.464. The molecule has 0 heterocycles. The Kier molecular flexibility index (Phi) is 6.71. The first kappa shape index (κ1) is 15.5. The Bertz CT molecular complexity index is 414. The summed E-state index contributed by atoms with van der Waals surface area (Å²) in [6.45, 7) is 4.09. The predicted molar refractivity (Wildman–Crippen MR) is 78.6 cm³/mol. The van der Waals surface area contributed by atoms with Crippen molar-refractivity contribution in [2.24, 2.45) is 0 Å². The van der Waals surface area contributed by atoms with E-state index in [4.69, 9.17) is 0 Å². The quantitative estimate of drug-likeness (QED) is 0.801. The molecule has 1 amide bonds. The maximum atomic E-state index is 12.9. The molecule has 0 bridgehead atoms. The van der Waals surface area contributed by atoms with Crippen LogP contribution < -0.4 is 5.32 Å². The molecule has 2 nitrogen and oxygen atoms in total. The van der Waals surface area contributed by atoms with Crippen LogP contribution in [0.25, 0.3) is 0 Å². The van der Waals surface area contributed by atoms with E-state index in [2.05, 4.69) is 28.2 Å². The first-order chi connectivity index (χ1) is 8.54. The fraction of sp³-hybridized carbons (Fsp3) is 0.462. The van der Waals surface area contributed by atoms with Crippen molar-refractivity contribution < 1.29 is 9.18 Å². The van der Waals surface area contributed by atoms with Gasteiger partial charge >= 0.3 is 0 Å². The highest BCUT2D eigenvalue weighted by molar-refractivity contribution is 9.10. The minimum atomic E-state index is -0.356. The third-order valence-corrected chi connectivity index (χ3v) is 4.04. The second-order valence-electron chi connectivity index (χ2n) is 3.98. The largest absolute Gasteiger partial charge is 0.350 e. The van der Waals surface area contributed by atoms with E-state index >= 15 is 0 Å². The van der Waals surface area contributed by atoms with Crippen LogP contribution in [0, 0.1) is 5.82 Å². The Morgan fingerprint density at radius 3 is 2.89 bits per heavy atom. The summed E-state index contributed by atoms with van der Waals surface area (Å²) in [7, 11) is 0. The molecule has 100 valence electrons. The molecule has 1 N–H and O–H groups in total. The molecular weight excluding hydrogens is 317 g/mol. The predicted octanol–water partition coefficient (Wildman–Crippen LogP) is 3.85. The van der Waals surface area contributed by atoms with Gasteiger partial charge in [-0.15, -0.1) is 0 Å². The molecule has 0 aliphatic rings. The van der Waals surface area contributed by atoms with Crippen molar-refractivity contribution in [2.45, 2.75) is 26.3 Å². The first-order valence-electron chi connectivity index (χ1n) is 5.88. The van der Waals surface area contributed by atoms with Gasteiger partial charge in [-0.1, -0.05) is 6.92 Å². The topological polar surface area (TPSA) is 29.1 Å². The van der Waals surface area contributed by atoms with Gasteiger partial charge in [0.25, 0.3) is 5.91 Å². The molecule has 0 aliphatic heterocycles. The second kappa shape index (κ2) is 7.79. The van der Waals surface area contributed by atoms with Gasteiger partial charge in [-0.2, -0.15) is 11.8 Å². The summed E-state index contributed by atoms with van der Waals surface area (Å²) in [4.78, 5) is 11.9. The molecule has 1 atom stereocenters. The lowest BCUT2D eigenvalue weighted by Gasteiger charge is -2.14. The fourth-order valence-corrected chi connectivity index (χ4v) is 2.79. The molecular formula is C13H17BrFNOS. The van der Waals surface area contributed by atoms with Crippen LogP contribution in [0.4, 0.5) is 4.39 Å². The van der Waals surface area contributed by atoms with Crippen molar-refractivity contribution >= 4 is 33.6 Å². The molecule has 0 spiro atoms. The van der Waals surface area contributed by atoms with Crippen LogP contribution in [-0.2, 0) is 0 Å². The highest BCUT2D eigenvalue weighted by atomic mass is 79.9. The Labute approximate surface area is 120 Å². The van der Waals surface area contributed by atoms with Crippen LogP contribution in [-0.4, -0.2) is 23.5 Å². The van der Waals surface area contributed by atoms with E-state index in [-0.39, 0.29) is 17.8 Å². The summed E-state index contributed by atoms with van der Waals surface area (Å²) >= 11 is 5.05. The lowest BCUT2D eigenvalue weighted by Crippen LogP contribution is -2.33. The molecule has 0 saturated carbocycles. The Morgan fingerprint density at radius 2 is 2.28 bits per heavy atom. The van der Waals surface area contributed by atoms with Crippen molar-refractivity contribution in [1.82, 2.24) is 5.32 Å². The number of halogens is 2. The number of carbonyl (C=O) groups is 1. The molecule has 0 aromatic heterocycles. The van der Waals surface area contributed by atoms with E-state index in [0.29, 0.717) is 10.0 Å². The number of nitrogens with one attached hydrogen (secondary N) is 1. The molecule has 1 aromatic rings. The molecule has 0 radical (unpaired) electrons. The third kappa shape index (κ3) is 4.98. The van der Waals surface area contributed by atoms with Gasteiger partial charge in [0, 0.05) is 10.5 Å². The molecule has 0 saturated heterocycles. The van der Waals surface area contributed by atoms with Gasteiger partial charge in [-0.25, -0.2) is 4.39 Å². The van der Waals surface area contributed by atoms with Crippen LogP contribution in [0.1, 0.15) is 30.6 Å². The Hall–Kier alpha value is -0.550. The zero-order valence-electron chi connectivity index (χ0n) is 10.5. The number of rotatable bonds is 6. The van der Waals surface area contributed by atoms with Crippen LogP contribution in [0.3, 0.4) is 0 Å². The number of hydrogen-bond acceptors (Lipinski definition) is 2.